The van der Waals surface area contributed by atoms with Gasteiger partial charge in [-0.25, -0.2) is 8.58 Å². The van der Waals surface area contributed by atoms with E-state index in [1.807, 2.05) is 6.07 Å². The maximum atomic E-state index is 10.2. The highest BCUT2D eigenvalue weighted by Crippen LogP contribution is 2.04. The molecule has 0 amide bonds. The van der Waals surface area contributed by atoms with Crippen LogP contribution in [0.25, 0.3) is 0 Å². The van der Waals surface area contributed by atoms with E-state index in [9.17, 15) is 4.21 Å². The molecule has 1 aromatic heterocycles. The monoisotopic (exact) mass is 177 g/mol. The summed E-state index contributed by atoms with van der Waals surface area (Å²) in [5, 5.41) is 0. The Morgan fingerprint density at radius 2 is 2.60 bits per heavy atom. The van der Waals surface area contributed by atoms with E-state index < -0.39 is 11.1 Å². The zero-order valence-electron chi connectivity index (χ0n) is 5.19. The van der Waals surface area contributed by atoms with Gasteiger partial charge >= 0.3 is 0 Å². The molecule has 1 heterocycles. The van der Waals surface area contributed by atoms with Crippen molar-refractivity contribution in [2.75, 3.05) is 5.75 Å². The molecule has 0 aromatic carbocycles. The van der Waals surface area contributed by atoms with Gasteiger partial charge in [-0.2, -0.15) is 0 Å². The van der Waals surface area contributed by atoms with E-state index in [4.69, 9.17) is 4.55 Å². The van der Waals surface area contributed by atoms with Gasteiger partial charge in [-0.05, 0) is 24.0 Å². The van der Waals surface area contributed by atoms with Gasteiger partial charge in [0.05, 0.1) is 5.75 Å². The van der Waals surface area contributed by atoms with Crippen LogP contribution in [-0.4, -0.2) is 18.9 Å². The van der Waals surface area contributed by atoms with Crippen molar-refractivity contribution in [3.05, 3.63) is 17.1 Å². The van der Waals surface area contributed by atoms with Gasteiger partial charge in [0.15, 0.2) is 11.1 Å². The lowest BCUT2D eigenvalue weighted by atomic mass is 10.4. The number of aromatic nitrogens is 1. The van der Waals surface area contributed by atoms with Gasteiger partial charge < -0.3 is 4.55 Å². The zero-order chi connectivity index (χ0) is 7.40. The lowest BCUT2D eigenvalue weighted by Gasteiger charge is -1.89. The molecule has 56 valence electrons. The Bertz CT molecular complexity index is 209. The van der Waals surface area contributed by atoms with E-state index in [0.717, 1.165) is 4.88 Å². The second-order valence-electron chi connectivity index (χ2n) is 1.75. The predicted octanol–water partition coefficient (Wildman–Crippen LogP) is 0.907. The molecule has 0 fully saturated rings. The molecule has 0 saturated heterocycles. The summed E-state index contributed by atoms with van der Waals surface area (Å²) in [7, 11) is 0. The number of hydrogen-bond donors (Lipinski definition) is 1. The van der Waals surface area contributed by atoms with Crippen molar-refractivity contribution in [1.82, 2.24) is 4.37 Å². The fraction of sp³-hybridized carbons (Fsp3) is 0.400. The van der Waals surface area contributed by atoms with Crippen molar-refractivity contribution in [1.29, 1.82) is 0 Å². The average molecular weight is 177 g/mol. The molecule has 0 aliphatic heterocycles. The van der Waals surface area contributed by atoms with E-state index in [2.05, 4.69) is 4.37 Å². The summed E-state index contributed by atoms with van der Waals surface area (Å²) in [6.45, 7) is 0. The molecule has 0 aliphatic carbocycles. The molecule has 0 saturated carbocycles. The fourth-order valence-electron chi connectivity index (χ4n) is 0.559. The maximum Gasteiger partial charge on any atom is 0.153 e. The zero-order valence-corrected chi connectivity index (χ0v) is 6.82. The van der Waals surface area contributed by atoms with E-state index in [1.54, 1.807) is 6.20 Å². The van der Waals surface area contributed by atoms with Crippen LogP contribution < -0.4 is 0 Å². The molecule has 0 bridgehead atoms. The summed E-state index contributed by atoms with van der Waals surface area (Å²) >= 11 is -0.302. The number of rotatable bonds is 3. The maximum absolute atomic E-state index is 10.2. The Morgan fingerprint density at radius 3 is 3.10 bits per heavy atom. The van der Waals surface area contributed by atoms with Crippen molar-refractivity contribution in [2.24, 2.45) is 0 Å². The molecule has 0 spiro atoms. The average Bonchev–Trinajstić information content (AvgIpc) is 2.34. The topological polar surface area (TPSA) is 50.2 Å². The molecule has 1 atom stereocenters. The van der Waals surface area contributed by atoms with Crippen LogP contribution in [0.5, 0.6) is 0 Å². The first-order valence-electron chi connectivity index (χ1n) is 2.76. The summed E-state index contributed by atoms with van der Waals surface area (Å²) in [5.41, 5.74) is 0. The molecule has 1 N–H and O–H groups in total. The molecule has 0 radical (unpaired) electrons. The molecule has 5 heteroatoms. The predicted molar refractivity (Wildman–Crippen MR) is 41.5 cm³/mol. The summed E-state index contributed by atoms with van der Waals surface area (Å²) in [4.78, 5) is 1.06. The highest BCUT2D eigenvalue weighted by molar-refractivity contribution is 7.79. The van der Waals surface area contributed by atoms with E-state index in [1.165, 1.54) is 11.5 Å². The van der Waals surface area contributed by atoms with Gasteiger partial charge in [-0.1, -0.05) is 0 Å². The molecule has 1 aromatic rings. The van der Waals surface area contributed by atoms with Crippen LogP contribution in [0.2, 0.25) is 0 Å². The van der Waals surface area contributed by atoms with Crippen LogP contribution in [0.3, 0.4) is 0 Å². The standard InChI is InChI=1S/C5H7NO2S2/c7-10(8)4-2-5-1-3-6-9-5/h1,3H,2,4H2,(H,7,8). The summed E-state index contributed by atoms with van der Waals surface area (Å²) in [6.07, 6.45) is 2.34. The second-order valence-corrected chi connectivity index (χ2v) is 3.72. The third-order valence-corrected chi connectivity index (χ3v) is 2.37. The first-order valence-corrected chi connectivity index (χ1v) is 4.81. The van der Waals surface area contributed by atoms with Gasteiger partial charge in [-0.3, -0.25) is 0 Å². The molecular formula is C5H7NO2S2. The van der Waals surface area contributed by atoms with Crippen molar-refractivity contribution in [3.8, 4) is 0 Å². The van der Waals surface area contributed by atoms with Crippen molar-refractivity contribution in [3.63, 3.8) is 0 Å². The van der Waals surface area contributed by atoms with Gasteiger partial charge in [0.2, 0.25) is 0 Å². The van der Waals surface area contributed by atoms with Crippen LogP contribution in [0.15, 0.2) is 12.3 Å². The fourth-order valence-corrected chi connectivity index (χ4v) is 1.65. The van der Waals surface area contributed by atoms with Crippen molar-refractivity contribution < 1.29 is 8.76 Å². The van der Waals surface area contributed by atoms with Crippen LogP contribution >= 0.6 is 11.5 Å². The first-order chi connectivity index (χ1) is 4.79. The largest absolute Gasteiger partial charge is 0.306 e. The Balaban J connectivity index is 2.35. The van der Waals surface area contributed by atoms with Crippen LogP contribution in [0, 0.1) is 0 Å². The highest BCUT2D eigenvalue weighted by Gasteiger charge is 1.97. The second kappa shape index (κ2) is 3.80. The minimum Gasteiger partial charge on any atom is -0.306 e. The molecule has 3 nitrogen and oxygen atoms in total. The molecule has 10 heavy (non-hydrogen) atoms. The number of hydrogen-bond acceptors (Lipinski definition) is 3. The van der Waals surface area contributed by atoms with Crippen molar-refractivity contribution >= 4 is 22.6 Å². The summed E-state index contributed by atoms with van der Waals surface area (Å²) < 4.78 is 22.5. The lowest BCUT2D eigenvalue weighted by Crippen LogP contribution is -1.96. The molecule has 0 aliphatic rings. The van der Waals surface area contributed by atoms with Crippen LogP contribution in [0.1, 0.15) is 4.88 Å². The third kappa shape index (κ3) is 2.55. The van der Waals surface area contributed by atoms with E-state index in [-0.39, 0.29) is 0 Å². The third-order valence-electron chi connectivity index (χ3n) is 1.01. The van der Waals surface area contributed by atoms with Gasteiger partial charge in [0, 0.05) is 11.1 Å². The molecular weight excluding hydrogens is 170 g/mol. The Kier molecular flexibility index (Phi) is 2.98. The van der Waals surface area contributed by atoms with Crippen molar-refractivity contribution in [2.45, 2.75) is 6.42 Å². The summed E-state index contributed by atoms with van der Waals surface area (Å²) in [6, 6.07) is 1.86. The van der Waals surface area contributed by atoms with Gasteiger partial charge in [0.1, 0.15) is 0 Å². The van der Waals surface area contributed by atoms with Crippen LogP contribution in [0.4, 0.5) is 0 Å². The number of aryl methyl sites for hydroxylation is 1. The Hall–Kier alpha value is -0.260. The minimum atomic E-state index is -1.67. The SMILES string of the molecule is O=S(O)CCc1ccns1. The Labute approximate surface area is 65.5 Å². The Morgan fingerprint density at radius 1 is 1.80 bits per heavy atom. The lowest BCUT2D eigenvalue weighted by molar-refractivity contribution is 0.564. The number of nitrogens with zero attached hydrogens (tertiary/aromatic N) is 1. The summed E-state index contributed by atoms with van der Waals surface area (Å²) in [5.74, 6) is 0.308. The minimum absolute atomic E-state index is 0.308. The molecule has 1 unspecified atom stereocenters. The van der Waals surface area contributed by atoms with E-state index in [0.29, 0.717) is 12.2 Å². The van der Waals surface area contributed by atoms with Gasteiger partial charge in [-0.15, -0.1) is 0 Å². The quantitative estimate of drug-likeness (QED) is 0.698. The molecule has 1 rings (SSSR count). The smallest absolute Gasteiger partial charge is 0.153 e. The van der Waals surface area contributed by atoms with Gasteiger partial charge in [0.25, 0.3) is 0 Å². The normalized spacial score (nSPS) is 13.3. The van der Waals surface area contributed by atoms with E-state index >= 15 is 0 Å². The highest BCUT2D eigenvalue weighted by atomic mass is 32.2. The van der Waals surface area contributed by atoms with Crippen LogP contribution in [-0.2, 0) is 17.5 Å². The first kappa shape index (κ1) is 7.84.